The van der Waals surface area contributed by atoms with Crippen LogP contribution in [-0.2, 0) is 20.8 Å². The molecule has 0 saturated heterocycles. The number of benzene rings is 3. The van der Waals surface area contributed by atoms with Crippen LogP contribution in [0.15, 0.2) is 66.7 Å². The maximum atomic E-state index is 13.1. The average Bonchev–Trinajstić information content (AvgIpc) is 3.00. The average molecular weight is 544 g/mol. The lowest BCUT2D eigenvalue weighted by Crippen LogP contribution is -2.38. The molecule has 1 heterocycles. The fourth-order valence-electron chi connectivity index (χ4n) is 4.23. The van der Waals surface area contributed by atoms with E-state index in [-0.39, 0.29) is 49.3 Å². The number of nitrogens with one attached hydrogen (secondary N) is 3. The number of carboxylic acid groups (broad SMARTS) is 1. The van der Waals surface area contributed by atoms with Crippen LogP contribution in [0.5, 0.6) is 0 Å². The highest BCUT2D eigenvalue weighted by molar-refractivity contribution is 6.10. The number of carbonyl (C=O) groups excluding carboxylic acids is 4. The molecule has 0 saturated carbocycles. The molecule has 1 aliphatic rings. The van der Waals surface area contributed by atoms with E-state index in [0.717, 1.165) is 5.56 Å². The summed E-state index contributed by atoms with van der Waals surface area (Å²) in [5.74, 6) is -2.24. The first-order chi connectivity index (χ1) is 19.1. The summed E-state index contributed by atoms with van der Waals surface area (Å²) < 4.78 is 0. The van der Waals surface area contributed by atoms with Gasteiger partial charge in [0.1, 0.15) is 6.54 Å². The van der Waals surface area contributed by atoms with E-state index in [4.69, 9.17) is 5.11 Å². The number of amides is 5. The third-order valence-corrected chi connectivity index (χ3v) is 6.42. The van der Waals surface area contributed by atoms with E-state index in [1.165, 1.54) is 22.9 Å². The molecule has 0 fully saturated rings. The Labute approximate surface area is 230 Å². The lowest BCUT2D eigenvalue weighted by molar-refractivity contribution is -0.137. The number of fused-ring (bicyclic) bond motifs is 1. The van der Waals surface area contributed by atoms with Gasteiger partial charge in [-0.1, -0.05) is 30.3 Å². The normalized spacial score (nSPS) is 12.8. The molecule has 4 rings (SSSR count). The van der Waals surface area contributed by atoms with Crippen molar-refractivity contribution >= 4 is 52.5 Å². The molecule has 0 aromatic heterocycles. The quantitative estimate of drug-likeness (QED) is 0.340. The Bertz CT molecular complexity index is 1470. The fraction of sp³-hybridized carbons (Fsp3) is 0.207. The maximum absolute atomic E-state index is 13.1. The topological polar surface area (TPSA) is 148 Å². The van der Waals surface area contributed by atoms with Crippen molar-refractivity contribution in [3.05, 3.63) is 83.4 Å². The number of nitrogens with zero attached hydrogens (tertiary/aromatic N) is 2. The summed E-state index contributed by atoms with van der Waals surface area (Å²) in [4.78, 5) is 64.2. The third-order valence-electron chi connectivity index (χ3n) is 6.42. The van der Waals surface area contributed by atoms with Crippen LogP contribution in [0.1, 0.15) is 27.9 Å². The van der Waals surface area contributed by atoms with Gasteiger partial charge in [-0.15, -0.1) is 0 Å². The molecule has 1 aliphatic heterocycles. The van der Waals surface area contributed by atoms with Gasteiger partial charge in [0.15, 0.2) is 0 Å². The minimum absolute atomic E-state index is 0.0455. The molecule has 11 heteroatoms. The van der Waals surface area contributed by atoms with Crippen LogP contribution in [0.25, 0.3) is 0 Å². The summed E-state index contributed by atoms with van der Waals surface area (Å²) >= 11 is 0. The molecule has 40 heavy (non-hydrogen) atoms. The number of aliphatic carboxylic acids is 1. The maximum Gasteiger partial charge on any atom is 0.323 e. The number of hydrogen-bond donors (Lipinski definition) is 4. The van der Waals surface area contributed by atoms with Crippen LogP contribution in [0, 0.1) is 6.92 Å². The highest BCUT2D eigenvalue weighted by Crippen LogP contribution is 2.28. The summed E-state index contributed by atoms with van der Waals surface area (Å²) in [7, 11) is 1.54. The van der Waals surface area contributed by atoms with Gasteiger partial charge in [-0.2, -0.15) is 0 Å². The molecule has 0 bridgehead atoms. The second-order valence-electron chi connectivity index (χ2n) is 9.37. The predicted octanol–water partition coefficient (Wildman–Crippen LogP) is 3.71. The van der Waals surface area contributed by atoms with Gasteiger partial charge in [-0.25, -0.2) is 4.79 Å². The predicted molar refractivity (Wildman–Crippen MR) is 151 cm³/mol. The molecule has 0 aliphatic carbocycles. The standard InChI is InChI=1S/C29H29N5O6/c1-18-5-3-4-6-23(18)32-29(40)31-20-9-7-19(8-10-20)15-25(35)30-21-11-12-24-22(16-21)28(39)34(14-13-27(37)38)17-26(36)33(24)2/h3-12,16H,13-15,17H2,1-2H3,(H,30,35)(H,37,38)(H2,31,32,40). The van der Waals surface area contributed by atoms with Crippen molar-refractivity contribution in [3.8, 4) is 0 Å². The lowest BCUT2D eigenvalue weighted by Gasteiger charge is -2.19. The van der Waals surface area contributed by atoms with E-state index in [1.807, 2.05) is 31.2 Å². The molecular formula is C29H29N5O6. The van der Waals surface area contributed by atoms with E-state index in [0.29, 0.717) is 28.3 Å². The minimum atomic E-state index is -1.08. The van der Waals surface area contributed by atoms with Gasteiger partial charge in [-0.3, -0.25) is 19.2 Å². The molecule has 3 aromatic carbocycles. The lowest BCUT2D eigenvalue weighted by atomic mass is 10.1. The molecule has 4 N–H and O–H groups in total. The zero-order valence-electron chi connectivity index (χ0n) is 22.1. The summed E-state index contributed by atoms with van der Waals surface area (Å²) in [6.45, 7) is 1.55. The van der Waals surface area contributed by atoms with Crippen molar-refractivity contribution in [1.29, 1.82) is 0 Å². The number of hydrogen-bond acceptors (Lipinski definition) is 5. The first-order valence-electron chi connectivity index (χ1n) is 12.5. The summed E-state index contributed by atoms with van der Waals surface area (Å²) in [5, 5.41) is 17.3. The first kappa shape index (κ1) is 27.8. The van der Waals surface area contributed by atoms with E-state index < -0.39 is 11.9 Å². The fourth-order valence-corrected chi connectivity index (χ4v) is 4.23. The number of carbonyl (C=O) groups is 5. The van der Waals surface area contributed by atoms with Crippen LogP contribution >= 0.6 is 0 Å². The summed E-state index contributed by atoms with van der Waals surface area (Å²) in [5.41, 5.74) is 3.84. The van der Waals surface area contributed by atoms with E-state index >= 15 is 0 Å². The van der Waals surface area contributed by atoms with Gasteiger partial charge in [0, 0.05) is 30.7 Å². The molecule has 206 valence electrons. The summed E-state index contributed by atoms with van der Waals surface area (Å²) in [6.07, 6.45) is -0.246. The van der Waals surface area contributed by atoms with Crippen molar-refractivity contribution in [3.63, 3.8) is 0 Å². The molecule has 5 amide bonds. The zero-order chi connectivity index (χ0) is 28.8. The number of para-hydroxylation sites is 1. The Hall–Kier alpha value is -5.19. The Morgan fingerprint density at radius 1 is 0.900 bits per heavy atom. The van der Waals surface area contributed by atoms with Gasteiger partial charge in [0.05, 0.1) is 24.1 Å². The largest absolute Gasteiger partial charge is 0.481 e. The molecule has 3 aromatic rings. The second kappa shape index (κ2) is 12.1. The number of urea groups is 1. The SMILES string of the molecule is Cc1ccccc1NC(=O)Nc1ccc(CC(=O)Nc2ccc3c(c2)C(=O)N(CCC(=O)O)CC(=O)N3C)cc1. The first-order valence-corrected chi connectivity index (χ1v) is 12.5. The Kier molecular flexibility index (Phi) is 8.43. The van der Waals surface area contributed by atoms with Gasteiger partial charge in [0.2, 0.25) is 11.8 Å². The van der Waals surface area contributed by atoms with Crippen LogP contribution in [-0.4, -0.2) is 59.9 Å². The van der Waals surface area contributed by atoms with Crippen LogP contribution in [0.3, 0.4) is 0 Å². The van der Waals surface area contributed by atoms with E-state index in [2.05, 4.69) is 16.0 Å². The second-order valence-corrected chi connectivity index (χ2v) is 9.37. The minimum Gasteiger partial charge on any atom is -0.481 e. The molecule has 11 nitrogen and oxygen atoms in total. The van der Waals surface area contributed by atoms with E-state index in [9.17, 15) is 24.0 Å². The number of rotatable bonds is 8. The van der Waals surface area contributed by atoms with Gasteiger partial charge < -0.3 is 30.9 Å². The number of likely N-dealkylation sites (N-methyl/N-ethyl adjacent to an activating group) is 1. The number of carboxylic acids is 1. The molecule has 0 unspecified atom stereocenters. The highest BCUT2D eigenvalue weighted by Gasteiger charge is 2.30. The van der Waals surface area contributed by atoms with Crippen LogP contribution < -0.4 is 20.9 Å². The van der Waals surface area contributed by atoms with Crippen molar-refractivity contribution in [2.24, 2.45) is 0 Å². The van der Waals surface area contributed by atoms with Crippen molar-refractivity contribution < 1.29 is 29.1 Å². The van der Waals surface area contributed by atoms with Gasteiger partial charge in [-0.05, 0) is 54.4 Å². The van der Waals surface area contributed by atoms with Crippen molar-refractivity contribution in [2.75, 3.05) is 41.0 Å². The Morgan fingerprint density at radius 2 is 1.60 bits per heavy atom. The zero-order valence-corrected chi connectivity index (χ0v) is 22.1. The Morgan fingerprint density at radius 3 is 2.30 bits per heavy atom. The van der Waals surface area contributed by atoms with Crippen molar-refractivity contribution in [1.82, 2.24) is 4.90 Å². The van der Waals surface area contributed by atoms with E-state index in [1.54, 1.807) is 36.4 Å². The molecule has 0 atom stereocenters. The smallest absolute Gasteiger partial charge is 0.323 e. The number of aryl methyl sites for hydroxylation is 1. The Balaban J connectivity index is 1.38. The molecular weight excluding hydrogens is 514 g/mol. The number of anilines is 4. The van der Waals surface area contributed by atoms with Gasteiger partial charge >= 0.3 is 12.0 Å². The summed E-state index contributed by atoms with van der Waals surface area (Å²) in [6, 6.07) is 18.5. The van der Waals surface area contributed by atoms with Crippen molar-refractivity contribution in [2.45, 2.75) is 19.8 Å². The molecule has 0 radical (unpaired) electrons. The van der Waals surface area contributed by atoms with Crippen LogP contribution in [0.4, 0.5) is 27.5 Å². The monoisotopic (exact) mass is 543 g/mol. The van der Waals surface area contributed by atoms with Gasteiger partial charge in [0.25, 0.3) is 5.91 Å². The third kappa shape index (κ3) is 6.81. The highest BCUT2D eigenvalue weighted by atomic mass is 16.4. The van der Waals surface area contributed by atoms with Crippen LogP contribution in [0.2, 0.25) is 0 Å². The molecule has 0 spiro atoms.